The number of hydrogen-bond acceptors (Lipinski definition) is 6. The fourth-order valence-electron chi connectivity index (χ4n) is 2.21. The van der Waals surface area contributed by atoms with Crippen molar-refractivity contribution in [2.24, 2.45) is 0 Å². The van der Waals surface area contributed by atoms with Crippen LogP contribution in [0, 0.1) is 0 Å². The van der Waals surface area contributed by atoms with Crippen LogP contribution < -0.4 is 0 Å². The second-order valence-electron chi connectivity index (χ2n) is 4.83. The van der Waals surface area contributed by atoms with Crippen molar-refractivity contribution in [1.82, 2.24) is 15.1 Å². The molecule has 2 aromatic rings. The van der Waals surface area contributed by atoms with Crippen LogP contribution in [0.25, 0.3) is 11.6 Å². The van der Waals surface area contributed by atoms with Crippen LogP contribution in [0.3, 0.4) is 0 Å². The molecule has 1 atom stereocenters. The molecule has 0 bridgehead atoms. The molecule has 1 saturated heterocycles. The molecular weight excluding hydrogens is 246 g/mol. The summed E-state index contributed by atoms with van der Waals surface area (Å²) in [6.45, 7) is 2.66. The summed E-state index contributed by atoms with van der Waals surface area (Å²) >= 11 is 0. The van der Waals surface area contributed by atoms with E-state index in [0.717, 1.165) is 19.3 Å². The number of ether oxygens (including phenoxy) is 1. The molecule has 6 nitrogen and oxygen atoms in total. The van der Waals surface area contributed by atoms with Crippen molar-refractivity contribution in [1.29, 1.82) is 0 Å². The van der Waals surface area contributed by atoms with Gasteiger partial charge in [0.25, 0.3) is 5.89 Å². The lowest BCUT2D eigenvalue weighted by Crippen LogP contribution is -2.31. The molecule has 0 aromatic carbocycles. The van der Waals surface area contributed by atoms with Crippen molar-refractivity contribution in [3.63, 3.8) is 0 Å². The molecule has 3 rings (SSSR count). The molecule has 1 unspecified atom stereocenters. The van der Waals surface area contributed by atoms with Crippen LogP contribution in [-0.4, -0.2) is 26.8 Å². The number of hydrogen-bond donors (Lipinski definition) is 1. The highest BCUT2D eigenvalue weighted by molar-refractivity contribution is 5.55. The van der Waals surface area contributed by atoms with E-state index in [2.05, 4.69) is 15.1 Å². The van der Waals surface area contributed by atoms with E-state index in [0.29, 0.717) is 18.1 Å². The van der Waals surface area contributed by atoms with Crippen LogP contribution >= 0.6 is 0 Å². The second kappa shape index (κ2) is 4.62. The van der Waals surface area contributed by atoms with E-state index in [-0.39, 0.29) is 11.6 Å². The number of aromatic hydroxyl groups is 1. The zero-order chi connectivity index (χ0) is 13.3. The van der Waals surface area contributed by atoms with Gasteiger partial charge in [-0.3, -0.25) is 0 Å². The smallest absolute Gasteiger partial charge is 0.280 e. The van der Waals surface area contributed by atoms with Crippen molar-refractivity contribution in [2.45, 2.75) is 31.8 Å². The fraction of sp³-hybridized carbons (Fsp3) is 0.462. The Morgan fingerprint density at radius 3 is 3.00 bits per heavy atom. The quantitative estimate of drug-likeness (QED) is 0.892. The predicted molar refractivity (Wildman–Crippen MR) is 66.3 cm³/mol. The van der Waals surface area contributed by atoms with Gasteiger partial charge in [-0.15, -0.1) is 0 Å². The lowest BCUT2D eigenvalue weighted by atomic mass is 9.95. The minimum absolute atomic E-state index is 0.0208. The van der Waals surface area contributed by atoms with Gasteiger partial charge in [0.1, 0.15) is 11.4 Å². The van der Waals surface area contributed by atoms with E-state index in [1.165, 1.54) is 6.07 Å². The van der Waals surface area contributed by atoms with Crippen molar-refractivity contribution in [3.8, 4) is 17.3 Å². The van der Waals surface area contributed by atoms with Crippen LogP contribution in [0.4, 0.5) is 0 Å². The van der Waals surface area contributed by atoms with E-state index in [9.17, 15) is 5.11 Å². The minimum atomic E-state index is -0.510. The second-order valence-corrected chi connectivity index (χ2v) is 4.83. The molecular formula is C13H15N3O3. The zero-order valence-corrected chi connectivity index (χ0v) is 10.7. The Bertz CT molecular complexity index is 576. The van der Waals surface area contributed by atoms with E-state index in [1.54, 1.807) is 12.3 Å². The van der Waals surface area contributed by atoms with Crippen molar-refractivity contribution >= 4 is 0 Å². The first kappa shape index (κ1) is 12.1. The topological polar surface area (TPSA) is 81.3 Å². The summed E-state index contributed by atoms with van der Waals surface area (Å²) in [4.78, 5) is 8.35. The first-order valence-electron chi connectivity index (χ1n) is 6.31. The van der Waals surface area contributed by atoms with Gasteiger partial charge in [0.15, 0.2) is 5.69 Å². The van der Waals surface area contributed by atoms with Crippen LogP contribution in [-0.2, 0) is 10.3 Å². The fourth-order valence-corrected chi connectivity index (χ4v) is 2.21. The summed E-state index contributed by atoms with van der Waals surface area (Å²) in [6.07, 6.45) is 4.56. The van der Waals surface area contributed by atoms with E-state index in [1.807, 2.05) is 6.92 Å². The third-order valence-corrected chi connectivity index (χ3v) is 3.36. The van der Waals surface area contributed by atoms with Gasteiger partial charge in [0.2, 0.25) is 5.82 Å². The summed E-state index contributed by atoms with van der Waals surface area (Å²) in [5.74, 6) is 0.739. The third-order valence-electron chi connectivity index (χ3n) is 3.36. The Balaban J connectivity index is 1.93. The summed E-state index contributed by atoms with van der Waals surface area (Å²) in [7, 11) is 0. The predicted octanol–water partition coefficient (Wildman–Crippen LogP) is 2.25. The Morgan fingerprint density at radius 2 is 2.26 bits per heavy atom. The van der Waals surface area contributed by atoms with Gasteiger partial charge in [0.05, 0.1) is 0 Å². The van der Waals surface area contributed by atoms with Crippen molar-refractivity contribution in [3.05, 3.63) is 24.2 Å². The zero-order valence-electron chi connectivity index (χ0n) is 10.7. The van der Waals surface area contributed by atoms with E-state index in [4.69, 9.17) is 9.26 Å². The molecule has 100 valence electrons. The maximum atomic E-state index is 9.73. The molecule has 0 radical (unpaired) electrons. The molecule has 2 aromatic heterocycles. The van der Waals surface area contributed by atoms with Crippen LogP contribution in [0.5, 0.6) is 5.75 Å². The van der Waals surface area contributed by atoms with Gasteiger partial charge < -0.3 is 14.4 Å². The Kier molecular flexibility index (Phi) is 2.94. The highest BCUT2D eigenvalue weighted by Crippen LogP contribution is 2.34. The maximum absolute atomic E-state index is 9.73. The van der Waals surface area contributed by atoms with E-state index < -0.39 is 5.60 Å². The minimum Gasteiger partial charge on any atom is -0.505 e. The normalized spacial score (nSPS) is 23.4. The molecule has 1 N–H and O–H groups in total. The summed E-state index contributed by atoms with van der Waals surface area (Å²) in [6, 6.07) is 3.17. The van der Waals surface area contributed by atoms with Crippen molar-refractivity contribution < 1.29 is 14.4 Å². The van der Waals surface area contributed by atoms with Crippen LogP contribution in [0.15, 0.2) is 22.9 Å². The largest absolute Gasteiger partial charge is 0.505 e. The standard InChI is InChI=1S/C13H15N3O3/c1-13(6-2-3-8-18-13)12-15-11(19-16-12)10-9(17)5-4-7-14-10/h4-5,7,17H,2-3,6,8H2,1H3. The van der Waals surface area contributed by atoms with Crippen LogP contribution in [0.2, 0.25) is 0 Å². The molecule has 1 fully saturated rings. The summed E-state index contributed by atoms with van der Waals surface area (Å²) < 4.78 is 10.9. The third kappa shape index (κ3) is 2.19. The lowest BCUT2D eigenvalue weighted by Gasteiger charge is -2.30. The first-order valence-corrected chi connectivity index (χ1v) is 6.31. The monoisotopic (exact) mass is 261 g/mol. The Hall–Kier alpha value is -1.95. The molecule has 1 aliphatic heterocycles. The molecule has 0 aliphatic carbocycles. The average Bonchev–Trinajstić information content (AvgIpc) is 2.90. The van der Waals surface area contributed by atoms with Gasteiger partial charge in [-0.05, 0) is 38.3 Å². The Morgan fingerprint density at radius 1 is 1.37 bits per heavy atom. The van der Waals surface area contributed by atoms with Gasteiger partial charge in [-0.1, -0.05) is 5.16 Å². The highest BCUT2D eigenvalue weighted by atomic mass is 16.5. The first-order chi connectivity index (χ1) is 9.19. The average molecular weight is 261 g/mol. The molecule has 6 heteroatoms. The number of nitrogens with zero attached hydrogens (tertiary/aromatic N) is 3. The highest BCUT2D eigenvalue weighted by Gasteiger charge is 2.35. The SMILES string of the molecule is CC1(c2noc(-c3ncccc3O)n2)CCCCO1. The van der Waals surface area contributed by atoms with Crippen LogP contribution in [0.1, 0.15) is 32.0 Å². The number of pyridine rings is 1. The Labute approximate surface area is 110 Å². The molecule has 3 heterocycles. The van der Waals surface area contributed by atoms with Gasteiger partial charge in [-0.25, -0.2) is 4.98 Å². The molecule has 19 heavy (non-hydrogen) atoms. The molecule has 1 aliphatic rings. The van der Waals surface area contributed by atoms with Gasteiger partial charge in [0, 0.05) is 12.8 Å². The summed E-state index contributed by atoms with van der Waals surface area (Å²) in [5, 5.41) is 13.7. The van der Waals surface area contributed by atoms with Gasteiger partial charge >= 0.3 is 0 Å². The van der Waals surface area contributed by atoms with Crippen molar-refractivity contribution in [2.75, 3.05) is 6.61 Å². The molecule has 0 saturated carbocycles. The van der Waals surface area contributed by atoms with Gasteiger partial charge in [-0.2, -0.15) is 4.98 Å². The molecule has 0 spiro atoms. The van der Waals surface area contributed by atoms with E-state index >= 15 is 0 Å². The molecule has 0 amide bonds. The summed E-state index contributed by atoms with van der Waals surface area (Å²) in [5.41, 5.74) is -0.217. The maximum Gasteiger partial charge on any atom is 0.280 e. The number of rotatable bonds is 2. The lowest BCUT2D eigenvalue weighted by molar-refractivity contribution is -0.0770. The number of aromatic nitrogens is 3.